The summed E-state index contributed by atoms with van der Waals surface area (Å²) in [6.07, 6.45) is 2.29. The van der Waals surface area contributed by atoms with Gasteiger partial charge in [-0.3, -0.25) is 9.69 Å². The van der Waals surface area contributed by atoms with E-state index in [9.17, 15) is 4.79 Å². The van der Waals surface area contributed by atoms with Crippen LogP contribution >= 0.6 is 27.3 Å². The van der Waals surface area contributed by atoms with Crippen molar-refractivity contribution in [3.05, 3.63) is 50.1 Å². The van der Waals surface area contributed by atoms with E-state index in [0.717, 1.165) is 54.1 Å². The van der Waals surface area contributed by atoms with Gasteiger partial charge in [0.15, 0.2) is 0 Å². The second-order valence-electron chi connectivity index (χ2n) is 6.55. The van der Waals surface area contributed by atoms with Gasteiger partial charge in [-0.2, -0.15) is 0 Å². The highest BCUT2D eigenvalue weighted by molar-refractivity contribution is 9.10. The van der Waals surface area contributed by atoms with Crippen molar-refractivity contribution in [1.29, 1.82) is 0 Å². The monoisotopic (exact) mass is 420 g/mol. The van der Waals surface area contributed by atoms with E-state index in [1.165, 1.54) is 22.5 Å². The molecule has 0 saturated carbocycles. The fraction of sp³-hybridized carbons (Fsp3) is 0.421. The van der Waals surface area contributed by atoms with Crippen LogP contribution in [0.15, 0.2) is 34.1 Å². The molecule has 0 radical (unpaired) electrons. The number of fused-ring (bicyclic) bond motifs is 1. The Morgan fingerprint density at radius 2 is 2.04 bits per heavy atom. The molecule has 0 bridgehead atoms. The summed E-state index contributed by atoms with van der Waals surface area (Å²) >= 11 is 4.98. The van der Waals surface area contributed by atoms with Gasteiger partial charge >= 0.3 is 0 Å². The molecule has 0 N–H and O–H groups in total. The van der Waals surface area contributed by atoms with Crippen LogP contribution in [-0.4, -0.2) is 49.0 Å². The Kier molecular flexibility index (Phi) is 4.84. The minimum atomic E-state index is 0.148. The molecule has 1 aromatic carbocycles. The molecule has 1 unspecified atom stereocenters. The first-order valence-electron chi connectivity index (χ1n) is 8.60. The minimum Gasteiger partial charge on any atom is -0.497 e. The van der Waals surface area contributed by atoms with Gasteiger partial charge < -0.3 is 9.64 Å². The lowest BCUT2D eigenvalue weighted by atomic mass is 10.1. The van der Waals surface area contributed by atoms with Crippen LogP contribution in [0, 0.1) is 0 Å². The van der Waals surface area contributed by atoms with E-state index in [2.05, 4.69) is 39.0 Å². The first kappa shape index (κ1) is 17.1. The van der Waals surface area contributed by atoms with Crippen molar-refractivity contribution in [2.45, 2.75) is 18.9 Å². The summed E-state index contributed by atoms with van der Waals surface area (Å²) in [6.45, 7) is 3.43. The van der Waals surface area contributed by atoms with Crippen LogP contribution in [0.1, 0.15) is 33.3 Å². The van der Waals surface area contributed by atoms with E-state index >= 15 is 0 Å². The number of carbonyl (C=O) groups is 1. The number of nitrogens with zero attached hydrogens (tertiary/aromatic N) is 2. The van der Waals surface area contributed by atoms with E-state index in [1.807, 2.05) is 16.3 Å². The average molecular weight is 421 g/mol. The Labute approximate surface area is 160 Å². The molecule has 4 nitrogen and oxygen atoms in total. The number of aryl methyl sites for hydroxylation is 1. The van der Waals surface area contributed by atoms with E-state index < -0.39 is 0 Å². The Balaban J connectivity index is 1.44. The summed E-state index contributed by atoms with van der Waals surface area (Å²) in [5.41, 5.74) is 2.84. The summed E-state index contributed by atoms with van der Waals surface area (Å²) in [5.74, 6) is 1.08. The normalized spacial score (nSPS) is 20.6. The molecule has 25 heavy (non-hydrogen) atoms. The van der Waals surface area contributed by atoms with Gasteiger partial charge in [0.1, 0.15) is 10.6 Å². The van der Waals surface area contributed by atoms with Gasteiger partial charge in [-0.25, -0.2) is 0 Å². The quantitative estimate of drug-likeness (QED) is 0.752. The third-order valence-corrected chi connectivity index (χ3v) is 7.08. The smallest absolute Gasteiger partial charge is 0.265 e. The molecule has 1 aliphatic carbocycles. The number of carbonyl (C=O) groups excluding carboxylic acids is 1. The minimum absolute atomic E-state index is 0.148. The van der Waals surface area contributed by atoms with Gasteiger partial charge in [-0.15, -0.1) is 11.3 Å². The third kappa shape index (κ3) is 3.23. The molecule has 2 aromatic rings. The molecule has 6 heteroatoms. The maximum absolute atomic E-state index is 12.7. The number of piperazine rings is 1. The number of thiophene rings is 1. The zero-order valence-electron chi connectivity index (χ0n) is 14.2. The Bertz CT molecular complexity index is 783. The van der Waals surface area contributed by atoms with Crippen molar-refractivity contribution in [3.63, 3.8) is 0 Å². The number of amides is 1. The van der Waals surface area contributed by atoms with Crippen molar-refractivity contribution in [1.82, 2.24) is 9.80 Å². The number of methoxy groups -OCH3 is 1. The summed E-state index contributed by atoms with van der Waals surface area (Å²) in [5, 5.41) is 1.95. The van der Waals surface area contributed by atoms with Crippen molar-refractivity contribution in [3.8, 4) is 5.75 Å². The number of ether oxygens (including phenoxy) is 1. The standard InChI is InChI=1S/C19H21BrN2O2S/c1-24-14-4-2-13-3-5-17(15(13)12-14)21-7-9-22(10-8-21)19(23)18-16(20)6-11-25-18/h2,4,6,11-12,17H,3,5,7-10H2,1H3. The topological polar surface area (TPSA) is 32.8 Å². The molecule has 2 aliphatic rings. The molecule has 1 fully saturated rings. The lowest BCUT2D eigenvalue weighted by molar-refractivity contribution is 0.0571. The maximum atomic E-state index is 12.7. The lowest BCUT2D eigenvalue weighted by Crippen LogP contribution is -2.49. The van der Waals surface area contributed by atoms with Crippen LogP contribution in [0.3, 0.4) is 0 Å². The number of benzene rings is 1. The molecule has 132 valence electrons. The number of hydrogen-bond donors (Lipinski definition) is 0. The van der Waals surface area contributed by atoms with Gasteiger partial charge in [0.2, 0.25) is 0 Å². The second-order valence-corrected chi connectivity index (χ2v) is 8.32. The summed E-state index contributed by atoms with van der Waals surface area (Å²) in [6, 6.07) is 8.83. The molecule has 4 rings (SSSR count). The molecule has 1 amide bonds. The van der Waals surface area contributed by atoms with Crippen LogP contribution in [0.2, 0.25) is 0 Å². The zero-order valence-corrected chi connectivity index (χ0v) is 16.6. The van der Waals surface area contributed by atoms with E-state index in [0.29, 0.717) is 6.04 Å². The Morgan fingerprint density at radius 1 is 1.24 bits per heavy atom. The van der Waals surface area contributed by atoms with E-state index in [4.69, 9.17) is 4.74 Å². The van der Waals surface area contributed by atoms with Gasteiger partial charge in [-0.05, 0) is 63.5 Å². The Morgan fingerprint density at radius 3 is 2.72 bits per heavy atom. The zero-order chi connectivity index (χ0) is 17.4. The van der Waals surface area contributed by atoms with Crippen molar-refractivity contribution < 1.29 is 9.53 Å². The largest absolute Gasteiger partial charge is 0.497 e. The fourth-order valence-electron chi connectivity index (χ4n) is 3.89. The van der Waals surface area contributed by atoms with Crippen LogP contribution in [0.4, 0.5) is 0 Å². The van der Waals surface area contributed by atoms with Crippen LogP contribution in [0.25, 0.3) is 0 Å². The van der Waals surface area contributed by atoms with E-state index in [1.54, 1.807) is 7.11 Å². The molecule has 0 spiro atoms. The van der Waals surface area contributed by atoms with Gasteiger partial charge in [-0.1, -0.05) is 6.07 Å². The van der Waals surface area contributed by atoms with Gasteiger partial charge in [0, 0.05) is 36.7 Å². The highest BCUT2D eigenvalue weighted by atomic mass is 79.9. The predicted molar refractivity (Wildman–Crippen MR) is 104 cm³/mol. The van der Waals surface area contributed by atoms with Crippen molar-refractivity contribution >= 4 is 33.2 Å². The first-order valence-corrected chi connectivity index (χ1v) is 10.3. The fourth-order valence-corrected chi connectivity index (χ4v) is 5.40. The average Bonchev–Trinajstić information content (AvgIpc) is 3.26. The molecular weight excluding hydrogens is 400 g/mol. The highest BCUT2D eigenvalue weighted by Crippen LogP contribution is 2.38. The first-order chi connectivity index (χ1) is 12.2. The van der Waals surface area contributed by atoms with Crippen molar-refractivity contribution in [2.24, 2.45) is 0 Å². The number of rotatable bonds is 3. The third-order valence-electron chi connectivity index (χ3n) is 5.25. The molecule has 2 heterocycles. The summed E-state index contributed by atoms with van der Waals surface area (Å²) < 4.78 is 6.31. The lowest BCUT2D eigenvalue weighted by Gasteiger charge is -2.38. The molecule has 1 aromatic heterocycles. The molecular formula is C19H21BrN2O2S. The van der Waals surface area contributed by atoms with Gasteiger partial charge in [0.25, 0.3) is 5.91 Å². The van der Waals surface area contributed by atoms with Crippen molar-refractivity contribution in [2.75, 3.05) is 33.3 Å². The van der Waals surface area contributed by atoms with Crippen LogP contribution in [0.5, 0.6) is 5.75 Å². The van der Waals surface area contributed by atoms with E-state index in [-0.39, 0.29) is 5.91 Å². The number of hydrogen-bond acceptors (Lipinski definition) is 4. The second kappa shape index (κ2) is 7.09. The molecule has 1 atom stereocenters. The number of halogens is 1. The summed E-state index contributed by atoms with van der Waals surface area (Å²) in [4.78, 5) is 18.0. The Hall–Kier alpha value is -1.37. The molecule has 1 aliphatic heterocycles. The van der Waals surface area contributed by atoms with Crippen LogP contribution < -0.4 is 4.74 Å². The maximum Gasteiger partial charge on any atom is 0.265 e. The molecule has 1 saturated heterocycles. The van der Waals surface area contributed by atoms with Crippen LogP contribution in [-0.2, 0) is 6.42 Å². The predicted octanol–water partition coefficient (Wildman–Crippen LogP) is 3.96. The SMILES string of the molecule is COc1ccc2c(c1)C(N1CCN(C(=O)c3sccc3Br)CC1)CC2. The summed E-state index contributed by atoms with van der Waals surface area (Å²) in [7, 11) is 1.72. The highest BCUT2D eigenvalue weighted by Gasteiger charge is 2.32. The van der Waals surface area contributed by atoms with Gasteiger partial charge in [0.05, 0.1) is 7.11 Å².